The van der Waals surface area contributed by atoms with Crippen LogP contribution in [0.3, 0.4) is 0 Å². The Morgan fingerprint density at radius 1 is 1.00 bits per heavy atom. The van der Waals surface area contributed by atoms with Gasteiger partial charge in [-0.05, 0) is 19.3 Å². The first-order valence-electron chi connectivity index (χ1n) is 10.6. The van der Waals surface area contributed by atoms with Gasteiger partial charge in [-0.1, -0.05) is 12.8 Å². The van der Waals surface area contributed by atoms with Crippen molar-refractivity contribution in [1.82, 2.24) is 20.0 Å². The molecule has 3 rings (SSSR count). The van der Waals surface area contributed by atoms with Crippen molar-refractivity contribution in [3.8, 4) is 0 Å². The fourth-order valence-corrected chi connectivity index (χ4v) is 4.48. The Morgan fingerprint density at radius 2 is 1.62 bits per heavy atom. The molecular formula is C20H32N4O5. The lowest BCUT2D eigenvalue weighted by Gasteiger charge is -2.35. The molecule has 2 unspecified atom stereocenters. The van der Waals surface area contributed by atoms with Gasteiger partial charge in [0.25, 0.3) is 0 Å². The molecule has 2 heterocycles. The lowest BCUT2D eigenvalue weighted by atomic mass is 9.81. The summed E-state index contributed by atoms with van der Waals surface area (Å²) in [5, 5.41) is 2.86. The van der Waals surface area contributed by atoms with Gasteiger partial charge in [-0.15, -0.1) is 0 Å². The minimum atomic E-state index is -0.219. The summed E-state index contributed by atoms with van der Waals surface area (Å²) >= 11 is 0. The Bertz CT molecular complexity index is 608. The molecule has 0 aromatic carbocycles. The number of nitrogens with zero attached hydrogens (tertiary/aromatic N) is 3. The Morgan fingerprint density at radius 3 is 2.21 bits per heavy atom. The van der Waals surface area contributed by atoms with Crippen molar-refractivity contribution in [3.05, 3.63) is 0 Å². The largest absolute Gasteiger partial charge is 0.385 e. The summed E-state index contributed by atoms with van der Waals surface area (Å²) < 4.78 is 4.95. The number of ether oxygens (including phenoxy) is 1. The molecule has 2 atom stereocenters. The van der Waals surface area contributed by atoms with Crippen LogP contribution in [0, 0.1) is 11.8 Å². The van der Waals surface area contributed by atoms with E-state index in [9.17, 15) is 19.2 Å². The first-order chi connectivity index (χ1) is 14.0. The highest BCUT2D eigenvalue weighted by molar-refractivity contribution is 6.07. The number of carbonyl (C=O) groups is 4. The summed E-state index contributed by atoms with van der Waals surface area (Å²) in [5.41, 5.74) is 0. The van der Waals surface area contributed by atoms with Crippen molar-refractivity contribution >= 4 is 23.6 Å². The van der Waals surface area contributed by atoms with E-state index in [-0.39, 0.29) is 42.0 Å². The van der Waals surface area contributed by atoms with E-state index in [1.54, 1.807) is 12.0 Å². The standard InChI is InChI=1S/C20H32N4O5/c1-29-12-4-7-21-17(25)13-22-8-10-23(11-9-22)18(26)14-24-19(27)15-5-2-3-6-16(15)20(24)28/h15-16H,2-14H2,1H3,(H,21,25). The lowest BCUT2D eigenvalue weighted by molar-refractivity contribution is -0.147. The van der Waals surface area contributed by atoms with Gasteiger partial charge in [-0.2, -0.15) is 0 Å². The topological polar surface area (TPSA) is 99.3 Å². The molecule has 1 N–H and O–H groups in total. The summed E-state index contributed by atoms with van der Waals surface area (Å²) in [6, 6.07) is 0. The average Bonchev–Trinajstić information content (AvgIpc) is 2.97. The number of methoxy groups -OCH3 is 1. The molecule has 0 radical (unpaired) electrons. The highest BCUT2D eigenvalue weighted by atomic mass is 16.5. The van der Waals surface area contributed by atoms with Gasteiger partial charge in [0.05, 0.1) is 18.4 Å². The van der Waals surface area contributed by atoms with E-state index >= 15 is 0 Å². The summed E-state index contributed by atoms with van der Waals surface area (Å²) in [6.07, 6.45) is 4.24. The van der Waals surface area contributed by atoms with E-state index in [1.165, 1.54) is 4.90 Å². The molecule has 162 valence electrons. The molecule has 29 heavy (non-hydrogen) atoms. The van der Waals surface area contributed by atoms with Crippen molar-refractivity contribution < 1.29 is 23.9 Å². The monoisotopic (exact) mass is 408 g/mol. The van der Waals surface area contributed by atoms with Crippen molar-refractivity contribution in [3.63, 3.8) is 0 Å². The molecule has 1 aliphatic carbocycles. The molecule has 1 saturated carbocycles. The maximum Gasteiger partial charge on any atom is 0.242 e. The Labute approximate surface area is 171 Å². The van der Waals surface area contributed by atoms with Crippen LogP contribution in [0.1, 0.15) is 32.1 Å². The van der Waals surface area contributed by atoms with E-state index < -0.39 is 0 Å². The molecule has 3 fully saturated rings. The molecular weight excluding hydrogens is 376 g/mol. The number of piperazine rings is 1. The second-order valence-corrected chi connectivity index (χ2v) is 8.11. The number of hydrogen-bond acceptors (Lipinski definition) is 6. The minimum Gasteiger partial charge on any atom is -0.385 e. The number of rotatable bonds is 8. The predicted octanol–water partition coefficient (Wildman–Crippen LogP) is -0.541. The van der Waals surface area contributed by atoms with Crippen LogP contribution in [0.4, 0.5) is 0 Å². The summed E-state index contributed by atoms with van der Waals surface area (Å²) in [4.78, 5) is 54.6. The van der Waals surface area contributed by atoms with Crippen LogP contribution >= 0.6 is 0 Å². The summed E-state index contributed by atoms with van der Waals surface area (Å²) in [6.45, 7) is 3.56. The molecule has 2 aliphatic heterocycles. The van der Waals surface area contributed by atoms with Gasteiger partial charge in [-0.25, -0.2) is 0 Å². The maximum atomic E-state index is 12.7. The number of nitrogens with one attached hydrogen (secondary N) is 1. The molecule has 9 nitrogen and oxygen atoms in total. The Hall–Kier alpha value is -2.00. The smallest absolute Gasteiger partial charge is 0.242 e. The normalized spacial score (nSPS) is 25.3. The van der Waals surface area contributed by atoms with Gasteiger partial charge < -0.3 is 15.0 Å². The zero-order chi connectivity index (χ0) is 20.8. The third-order valence-electron chi connectivity index (χ3n) is 6.17. The van der Waals surface area contributed by atoms with Crippen LogP contribution in [-0.4, -0.2) is 97.9 Å². The van der Waals surface area contributed by atoms with E-state index in [0.717, 1.165) is 32.1 Å². The fourth-order valence-electron chi connectivity index (χ4n) is 4.48. The quantitative estimate of drug-likeness (QED) is 0.428. The van der Waals surface area contributed by atoms with E-state index in [0.29, 0.717) is 45.9 Å². The minimum absolute atomic E-state index is 0.0308. The number of likely N-dealkylation sites (tertiary alicyclic amines) is 1. The number of amides is 4. The second-order valence-electron chi connectivity index (χ2n) is 8.11. The molecule has 0 bridgehead atoms. The molecule has 0 spiro atoms. The van der Waals surface area contributed by atoms with Gasteiger partial charge in [0, 0.05) is 46.4 Å². The third-order valence-corrected chi connectivity index (χ3v) is 6.17. The number of carbonyl (C=O) groups excluding carboxylic acids is 4. The molecule has 3 aliphatic rings. The predicted molar refractivity (Wildman–Crippen MR) is 105 cm³/mol. The van der Waals surface area contributed by atoms with Gasteiger partial charge in [-0.3, -0.25) is 29.0 Å². The van der Waals surface area contributed by atoms with Crippen LogP contribution in [0.15, 0.2) is 0 Å². The van der Waals surface area contributed by atoms with Crippen molar-refractivity contribution in [1.29, 1.82) is 0 Å². The molecule has 2 saturated heterocycles. The van der Waals surface area contributed by atoms with Crippen LogP contribution in [0.2, 0.25) is 0 Å². The van der Waals surface area contributed by atoms with Gasteiger partial charge in [0.15, 0.2) is 0 Å². The molecule has 9 heteroatoms. The van der Waals surface area contributed by atoms with Crippen LogP contribution < -0.4 is 5.32 Å². The van der Waals surface area contributed by atoms with Crippen molar-refractivity contribution in [2.75, 3.05) is 59.5 Å². The van der Waals surface area contributed by atoms with E-state index in [2.05, 4.69) is 5.32 Å². The number of fused-ring (bicyclic) bond motifs is 1. The SMILES string of the molecule is COCCCNC(=O)CN1CCN(C(=O)CN2C(=O)C3CCCCC3C2=O)CC1. The van der Waals surface area contributed by atoms with E-state index in [4.69, 9.17) is 4.74 Å². The number of imide groups is 1. The Kier molecular flexibility index (Phi) is 7.60. The zero-order valence-corrected chi connectivity index (χ0v) is 17.2. The fraction of sp³-hybridized carbons (Fsp3) is 0.800. The number of hydrogen-bond donors (Lipinski definition) is 1. The molecule has 0 aromatic rings. The summed E-state index contributed by atoms with van der Waals surface area (Å²) in [5.74, 6) is -0.994. The second kappa shape index (κ2) is 10.2. The van der Waals surface area contributed by atoms with Crippen LogP contribution in [0.5, 0.6) is 0 Å². The van der Waals surface area contributed by atoms with Gasteiger partial charge >= 0.3 is 0 Å². The third kappa shape index (κ3) is 5.33. The first kappa shape index (κ1) is 21.7. The van der Waals surface area contributed by atoms with Crippen molar-refractivity contribution in [2.24, 2.45) is 11.8 Å². The maximum absolute atomic E-state index is 12.7. The average molecular weight is 408 g/mol. The zero-order valence-electron chi connectivity index (χ0n) is 17.2. The highest BCUT2D eigenvalue weighted by Crippen LogP contribution is 2.37. The highest BCUT2D eigenvalue weighted by Gasteiger charge is 2.48. The first-order valence-corrected chi connectivity index (χ1v) is 10.6. The summed E-state index contributed by atoms with van der Waals surface area (Å²) in [7, 11) is 1.63. The van der Waals surface area contributed by atoms with E-state index in [1.807, 2.05) is 4.90 Å². The molecule has 4 amide bonds. The van der Waals surface area contributed by atoms with Gasteiger partial charge in [0.1, 0.15) is 6.54 Å². The van der Waals surface area contributed by atoms with Crippen LogP contribution in [-0.2, 0) is 23.9 Å². The van der Waals surface area contributed by atoms with Crippen molar-refractivity contribution in [2.45, 2.75) is 32.1 Å². The molecule has 0 aromatic heterocycles. The van der Waals surface area contributed by atoms with Crippen LogP contribution in [0.25, 0.3) is 0 Å². The Balaban J connectivity index is 1.40. The lowest BCUT2D eigenvalue weighted by Crippen LogP contribution is -2.53. The van der Waals surface area contributed by atoms with Gasteiger partial charge in [0.2, 0.25) is 23.6 Å².